The van der Waals surface area contributed by atoms with Crippen LogP contribution >= 0.6 is 11.6 Å². The van der Waals surface area contributed by atoms with Gasteiger partial charge in [-0.2, -0.15) is 5.10 Å². The summed E-state index contributed by atoms with van der Waals surface area (Å²) in [5.74, 6) is -0.464. The highest BCUT2D eigenvalue weighted by molar-refractivity contribution is 6.32. The summed E-state index contributed by atoms with van der Waals surface area (Å²) in [5, 5.41) is 7.05. The van der Waals surface area contributed by atoms with E-state index in [4.69, 9.17) is 16.3 Å². The van der Waals surface area contributed by atoms with Crippen molar-refractivity contribution >= 4 is 23.2 Å². The van der Waals surface area contributed by atoms with Crippen molar-refractivity contribution in [2.75, 3.05) is 12.4 Å². The Balaban J connectivity index is 1.80. The van der Waals surface area contributed by atoms with Crippen LogP contribution in [-0.2, 0) is 11.3 Å². The lowest BCUT2D eigenvalue weighted by atomic mass is 10.1. The Kier molecular flexibility index (Phi) is 5.52. The third kappa shape index (κ3) is 4.32. The summed E-state index contributed by atoms with van der Waals surface area (Å²) in [4.78, 5) is 24.3. The van der Waals surface area contributed by atoms with E-state index in [1.54, 1.807) is 30.3 Å². The van der Waals surface area contributed by atoms with Gasteiger partial charge in [0.1, 0.15) is 18.1 Å². The van der Waals surface area contributed by atoms with Crippen LogP contribution in [0.3, 0.4) is 0 Å². The molecule has 138 valence electrons. The summed E-state index contributed by atoms with van der Waals surface area (Å²) in [6.07, 6.45) is 0. The molecule has 8 heteroatoms. The second-order valence-electron chi connectivity index (χ2n) is 5.59. The number of rotatable bonds is 5. The molecular formula is C19H15ClFN3O3. The van der Waals surface area contributed by atoms with Gasteiger partial charge in [0.15, 0.2) is 0 Å². The highest BCUT2D eigenvalue weighted by atomic mass is 35.5. The Morgan fingerprint density at radius 3 is 2.70 bits per heavy atom. The average Bonchev–Trinajstić information content (AvgIpc) is 2.64. The number of nitrogens with one attached hydrogen (secondary N) is 1. The zero-order chi connectivity index (χ0) is 19.4. The molecule has 1 aromatic heterocycles. The molecule has 0 aliphatic heterocycles. The number of carbonyl (C=O) groups excluding carboxylic acids is 1. The lowest BCUT2D eigenvalue weighted by molar-refractivity contribution is -0.117. The highest BCUT2D eigenvalue weighted by Crippen LogP contribution is 2.27. The van der Waals surface area contributed by atoms with Crippen molar-refractivity contribution in [2.45, 2.75) is 6.54 Å². The predicted molar refractivity (Wildman–Crippen MR) is 101 cm³/mol. The number of aromatic nitrogens is 2. The molecule has 6 nitrogen and oxygen atoms in total. The Bertz CT molecular complexity index is 1050. The Labute approximate surface area is 159 Å². The molecule has 0 aliphatic carbocycles. The van der Waals surface area contributed by atoms with E-state index in [-0.39, 0.29) is 17.8 Å². The molecule has 2 aromatic carbocycles. The van der Waals surface area contributed by atoms with Gasteiger partial charge in [-0.1, -0.05) is 23.7 Å². The summed E-state index contributed by atoms with van der Waals surface area (Å²) in [6, 6.07) is 13.5. The van der Waals surface area contributed by atoms with Crippen LogP contribution in [0.15, 0.2) is 59.4 Å². The summed E-state index contributed by atoms with van der Waals surface area (Å²) in [6.45, 7) is -0.329. The van der Waals surface area contributed by atoms with Gasteiger partial charge in [-0.05, 0) is 36.4 Å². The standard InChI is InChI=1S/C19H15ClFN3O3/c1-27-17-8-6-12(10-14(17)20)22-18(25)11-24-19(26)9-7-16(23-24)13-4-2-3-5-15(13)21/h2-10H,11H2,1H3,(H,22,25). The van der Waals surface area contributed by atoms with Crippen LogP contribution in [0.5, 0.6) is 5.75 Å². The topological polar surface area (TPSA) is 73.2 Å². The van der Waals surface area contributed by atoms with E-state index in [0.29, 0.717) is 16.5 Å². The molecule has 0 saturated heterocycles. The second-order valence-corrected chi connectivity index (χ2v) is 6.00. The number of ether oxygens (including phenoxy) is 1. The summed E-state index contributed by atoms with van der Waals surface area (Å²) >= 11 is 6.02. The van der Waals surface area contributed by atoms with E-state index < -0.39 is 17.3 Å². The van der Waals surface area contributed by atoms with Gasteiger partial charge >= 0.3 is 0 Å². The van der Waals surface area contributed by atoms with Crippen LogP contribution in [0, 0.1) is 5.82 Å². The molecule has 3 aromatic rings. The average molecular weight is 388 g/mol. The van der Waals surface area contributed by atoms with Gasteiger partial charge in [0, 0.05) is 17.3 Å². The van der Waals surface area contributed by atoms with Gasteiger partial charge in [0.2, 0.25) is 5.91 Å². The van der Waals surface area contributed by atoms with Crippen LogP contribution in [0.4, 0.5) is 10.1 Å². The highest BCUT2D eigenvalue weighted by Gasteiger charge is 2.11. The number of anilines is 1. The number of carbonyl (C=O) groups is 1. The fourth-order valence-electron chi connectivity index (χ4n) is 2.46. The number of hydrogen-bond acceptors (Lipinski definition) is 4. The fraction of sp³-hybridized carbons (Fsp3) is 0.105. The summed E-state index contributed by atoms with van der Waals surface area (Å²) < 4.78 is 20.0. The molecule has 0 atom stereocenters. The van der Waals surface area contributed by atoms with Gasteiger partial charge in [-0.15, -0.1) is 0 Å². The van der Waals surface area contributed by atoms with E-state index in [1.807, 2.05) is 0 Å². The minimum Gasteiger partial charge on any atom is -0.495 e. The van der Waals surface area contributed by atoms with Crippen LogP contribution in [0.2, 0.25) is 5.02 Å². The van der Waals surface area contributed by atoms with Gasteiger partial charge in [0.05, 0.1) is 17.8 Å². The van der Waals surface area contributed by atoms with Crippen molar-refractivity contribution in [1.29, 1.82) is 0 Å². The molecule has 0 saturated carbocycles. The number of halogens is 2. The minimum atomic E-state index is -0.475. The first-order valence-electron chi connectivity index (χ1n) is 7.94. The second kappa shape index (κ2) is 8.01. The molecule has 1 amide bonds. The maximum atomic E-state index is 13.9. The molecule has 0 aliphatic rings. The van der Waals surface area contributed by atoms with E-state index >= 15 is 0 Å². The van der Waals surface area contributed by atoms with Crippen molar-refractivity contribution in [2.24, 2.45) is 0 Å². The maximum Gasteiger partial charge on any atom is 0.267 e. The van der Waals surface area contributed by atoms with Crippen LogP contribution in [0.1, 0.15) is 0 Å². The monoisotopic (exact) mass is 387 g/mol. The largest absolute Gasteiger partial charge is 0.495 e. The van der Waals surface area contributed by atoms with Gasteiger partial charge < -0.3 is 10.1 Å². The third-order valence-electron chi connectivity index (χ3n) is 3.75. The lowest BCUT2D eigenvalue weighted by Gasteiger charge is -2.10. The molecule has 0 radical (unpaired) electrons. The third-order valence-corrected chi connectivity index (χ3v) is 4.04. The SMILES string of the molecule is COc1ccc(NC(=O)Cn2nc(-c3ccccc3F)ccc2=O)cc1Cl. The summed E-state index contributed by atoms with van der Waals surface area (Å²) in [5.41, 5.74) is 0.476. The van der Waals surface area contributed by atoms with Crippen molar-refractivity contribution in [3.63, 3.8) is 0 Å². The molecule has 0 bridgehead atoms. The lowest BCUT2D eigenvalue weighted by Crippen LogP contribution is -2.29. The number of amides is 1. The molecule has 3 rings (SSSR count). The molecule has 0 spiro atoms. The van der Waals surface area contributed by atoms with Crippen molar-refractivity contribution in [1.82, 2.24) is 9.78 Å². The minimum absolute atomic E-state index is 0.244. The van der Waals surface area contributed by atoms with Crippen LogP contribution in [0.25, 0.3) is 11.3 Å². The fourth-order valence-corrected chi connectivity index (χ4v) is 2.71. The normalized spacial score (nSPS) is 10.5. The molecule has 1 N–H and O–H groups in total. The Morgan fingerprint density at radius 1 is 1.22 bits per heavy atom. The number of benzene rings is 2. The first kappa shape index (κ1) is 18.6. The summed E-state index contributed by atoms with van der Waals surface area (Å²) in [7, 11) is 1.49. The van der Waals surface area contributed by atoms with E-state index in [0.717, 1.165) is 4.68 Å². The molecule has 0 unspecified atom stereocenters. The van der Waals surface area contributed by atoms with Gasteiger partial charge in [-0.3, -0.25) is 9.59 Å². The number of methoxy groups -OCH3 is 1. The van der Waals surface area contributed by atoms with Crippen LogP contribution in [-0.4, -0.2) is 22.8 Å². The van der Waals surface area contributed by atoms with E-state index in [1.165, 1.54) is 31.4 Å². The van der Waals surface area contributed by atoms with Crippen molar-refractivity contribution in [3.8, 4) is 17.0 Å². The Morgan fingerprint density at radius 2 is 2.00 bits per heavy atom. The Hall–Kier alpha value is -3.19. The number of hydrogen-bond donors (Lipinski definition) is 1. The van der Waals surface area contributed by atoms with Crippen LogP contribution < -0.4 is 15.6 Å². The van der Waals surface area contributed by atoms with E-state index in [9.17, 15) is 14.0 Å². The molecule has 27 heavy (non-hydrogen) atoms. The first-order valence-corrected chi connectivity index (χ1v) is 8.32. The predicted octanol–water partition coefficient (Wildman–Crippen LogP) is 3.35. The zero-order valence-electron chi connectivity index (χ0n) is 14.3. The first-order chi connectivity index (χ1) is 13.0. The van der Waals surface area contributed by atoms with Crippen molar-refractivity contribution in [3.05, 3.63) is 75.8 Å². The quantitative estimate of drug-likeness (QED) is 0.728. The van der Waals surface area contributed by atoms with Gasteiger partial charge in [0.25, 0.3) is 5.56 Å². The molecule has 0 fully saturated rings. The number of nitrogens with zero attached hydrogens (tertiary/aromatic N) is 2. The maximum absolute atomic E-state index is 13.9. The van der Waals surface area contributed by atoms with Crippen molar-refractivity contribution < 1.29 is 13.9 Å². The zero-order valence-corrected chi connectivity index (χ0v) is 15.0. The molecule has 1 heterocycles. The van der Waals surface area contributed by atoms with Gasteiger partial charge in [-0.25, -0.2) is 9.07 Å². The van der Waals surface area contributed by atoms with E-state index in [2.05, 4.69) is 10.4 Å². The molecular weight excluding hydrogens is 373 g/mol. The smallest absolute Gasteiger partial charge is 0.267 e.